The SMILES string of the molecule is CCCC/C=C\CCCCCCCC(=O)OC(/C=C\CCCCCCCCCCCC)C(COP(=O)(O)OCC[N+](C)(C)C)NC(=O)CCCCCCCCCCCCCCCCCCC/C=C\C/C=C\CCCCC. The fourth-order valence-corrected chi connectivity index (χ4v) is 10.2. The van der Waals surface area contributed by atoms with E-state index in [0.717, 1.165) is 89.9 Å². The zero-order valence-electron chi connectivity index (χ0n) is 51.0. The third-order valence-corrected chi connectivity index (χ3v) is 15.5. The summed E-state index contributed by atoms with van der Waals surface area (Å²) in [5.74, 6) is -0.506. The molecule has 0 radical (unpaired) electrons. The second-order valence-electron chi connectivity index (χ2n) is 23.3. The van der Waals surface area contributed by atoms with E-state index in [2.05, 4.69) is 62.5 Å². The Bertz CT molecular complexity index is 1440. The topological polar surface area (TPSA) is 111 Å². The molecular weight excluding hydrogens is 964 g/mol. The van der Waals surface area contributed by atoms with Crippen molar-refractivity contribution in [1.82, 2.24) is 5.32 Å². The third-order valence-electron chi connectivity index (χ3n) is 14.5. The smallest absolute Gasteiger partial charge is 0.456 e. The fourth-order valence-electron chi connectivity index (χ4n) is 9.42. The van der Waals surface area contributed by atoms with Gasteiger partial charge in [-0.3, -0.25) is 18.6 Å². The molecule has 446 valence electrons. The number of phosphoric ester groups is 1. The van der Waals surface area contributed by atoms with Gasteiger partial charge in [-0.1, -0.05) is 262 Å². The molecule has 0 aliphatic rings. The Morgan fingerprint density at radius 3 is 1.26 bits per heavy atom. The average molecular weight is 1090 g/mol. The second kappa shape index (κ2) is 56.3. The van der Waals surface area contributed by atoms with Crippen molar-refractivity contribution in [1.29, 1.82) is 0 Å². The standard InChI is InChI=1S/C66H125N2O7P/c1-7-10-13-16-19-22-25-27-28-29-30-31-32-33-34-35-36-37-38-39-40-41-44-46-49-52-55-58-65(69)67-63(62-74-76(71,72)73-61-60-68(4,5)6)64(57-54-51-48-45-43-26-23-20-17-14-11-8-2)75-66(70)59-56-53-50-47-42-24-21-18-15-12-9-3/h18-19,21-22,27-28,54,57,63-64H,7-17,20,23-26,29-53,55-56,58-62H2,1-6H3,(H-,67,69,71,72)/p+1/b21-18-,22-19-,28-27-,57-54-. The Hall–Kier alpha value is -2.03. The van der Waals surface area contributed by atoms with Crippen LogP contribution in [0.5, 0.6) is 0 Å². The van der Waals surface area contributed by atoms with E-state index in [9.17, 15) is 19.0 Å². The number of allylic oxidation sites excluding steroid dienone is 7. The predicted octanol–water partition coefficient (Wildman–Crippen LogP) is 20.1. The van der Waals surface area contributed by atoms with Crippen molar-refractivity contribution in [2.75, 3.05) is 40.9 Å². The maximum atomic E-state index is 13.5. The van der Waals surface area contributed by atoms with Gasteiger partial charge in [-0.2, -0.15) is 0 Å². The molecule has 0 fully saturated rings. The number of rotatable bonds is 59. The van der Waals surface area contributed by atoms with Gasteiger partial charge in [0.15, 0.2) is 0 Å². The summed E-state index contributed by atoms with van der Waals surface area (Å²) < 4.78 is 30.7. The number of carbonyl (C=O) groups excluding carboxylic acids is 2. The average Bonchev–Trinajstić information content (AvgIpc) is 3.38. The molecule has 0 aliphatic carbocycles. The van der Waals surface area contributed by atoms with Crippen LogP contribution < -0.4 is 5.32 Å². The minimum atomic E-state index is -4.45. The molecule has 0 aliphatic heterocycles. The zero-order chi connectivity index (χ0) is 55.7. The van der Waals surface area contributed by atoms with Gasteiger partial charge in [-0.05, 0) is 83.1 Å². The van der Waals surface area contributed by atoms with Crippen molar-refractivity contribution < 1.29 is 37.3 Å². The zero-order valence-corrected chi connectivity index (χ0v) is 51.9. The van der Waals surface area contributed by atoms with Crippen LogP contribution in [0.1, 0.15) is 310 Å². The van der Waals surface area contributed by atoms with Gasteiger partial charge in [0.05, 0.1) is 33.8 Å². The molecule has 0 heterocycles. The summed E-state index contributed by atoms with van der Waals surface area (Å²) >= 11 is 0. The number of unbranched alkanes of at least 4 members (excludes halogenated alkanes) is 37. The second-order valence-corrected chi connectivity index (χ2v) is 24.7. The predicted molar refractivity (Wildman–Crippen MR) is 328 cm³/mol. The molecule has 3 atom stereocenters. The van der Waals surface area contributed by atoms with Crippen molar-refractivity contribution in [2.45, 2.75) is 322 Å². The largest absolute Gasteiger partial charge is 0.472 e. The molecule has 10 heteroatoms. The van der Waals surface area contributed by atoms with Crippen LogP contribution >= 0.6 is 7.82 Å². The molecule has 0 aromatic heterocycles. The van der Waals surface area contributed by atoms with Crippen LogP contribution in [0.3, 0.4) is 0 Å². The van der Waals surface area contributed by atoms with E-state index in [1.807, 2.05) is 33.3 Å². The molecule has 0 saturated heterocycles. The lowest BCUT2D eigenvalue weighted by molar-refractivity contribution is -0.870. The lowest BCUT2D eigenvalue weighted by Gasteiger charge is -2.27. The van der Waals surface area contributed by atoms with E-state index in [0.29, 0.717) is 17.4 Å². The molecule has 0 spiro atoms. The fraction of sp³-hybridized carbons (Fsp3) is 0.848. The van der Waals surface area contributed by atoms with Gasteiger partial charge in [-0.15, -0.1) is 0 Å². The van der Waals surface area contributed by atoms with Gasteiger partial charge in [0, 0.05) is 12.8 Å². The Kier molecular flexibility index (Phi) is 54.7. The van der Waals surface area contributed by atoms with E-state index < -0.39 is 20.0 Å². The van der Waals surface area contributed by atoms with E-state index in [-0.39, 0.29) is 31.5 Å². The lowest BCUT2D eigenvalue weighted by atomic mass is 10.0. The highest BCUT2D eigenvalue weighted by atomic mass is 31.2. The summed E-state index contributed by atoms with van der Waals surface area (Å²) in [6, 6.07) is -0.848. The number of nitrogens with one attached hydrogen (secondary N) is 1. The summed E-state index contributed by atoms with van der Waals surface area (Å²) in [4.78, 5) is 37.6. The minimum absolute atomic E-state index is 0.0402. The molecule has 1 amide bonds. The number of hydrogen-bond donors (Lipinski definition) is 2. The quantitative estimate of drug-likeness (QED) is 0.0205. The molecule has 3 unspecified atom stereocenters. The Balaban J connectivity index is 4.96. The lowest BCUT2D eigenvalue weighted by Crippen LogP contribution is -2.47. The first-order valence-corrected chi connectivity index (χ1v) is 34.0. The van der Waals surface area contributed by atoms with E-state index >= 15 is 0 Å². The maximum absolute atomic E-state index is 13.5. The van der Waals surface area contributed by atoms with Crippen molar-refractivity contribution >= 4 is 19.7 Å². The Morgan fingerprint density at radius 1 is 0.461 bits per heavy atom. The maximum Gasteiger partial charge on any atom is 0.472 e. The number of esters is 1. The van der Waals surface area contributed by atoms with Gasteiger partial charge >= 0.3 is 13.8 Å². The van der Waals surface area contributed by atoms with Crippen LogP contribution in [0.25, 0.3) is 0 Å². The highest BCUT2D eigenvalue weighted by Gasteiger charge is 2.30. The summed E-state index contributed by atoms with van der Waals surface area (Å²) in [7, 11) is 1.50. The normalized spacial score (nSPS) is 13.9. The third kappa shape index (κ3) is 56.7. The highest BCUT2D eigenvalue weighted by Crippen LogP contribution is 2.43. The number of carbonyl (C=O) groups is 2. The molecule has 2 N–H and O–H groups in total. The molecule has 76 heavy (non-hydrogen) atoms. The van der Waals surface area contributed by atoms with Crippen LogP contribution in [0, 0.1) is 0 Å². The van der Waals surface area contributed by atoms with Crippen molar-refractivity contribution in [3.8, 4) is 0 Å². The van der Waals surface area contributed by atoms with E-state index in [1.54, 1.807) is 0 Å². The monoisotopic (exact) mass is 1090 g/mol. The summed E-state index contributed by atoms with van der Waals surface area (Å²) in [6.07, 6.45) is 69.8. The molecule has 0 aromatic carbocycles. The van der Waals surface area contributed by atoms with Crippen LogP contribution in [0.4, 0.5) is 0 Å². The van der Waals surface area contributed by atoms with Crippen LogP contribution in [-0.4, -0.2) is 74.3 Å². The minimum Gasteiger partial charge on any atom is -0.456 e. The summed E-state index contributed by atoms with van der Waals surface area (Å²) in [5.41, 5.74) is 0. The van der Waals surface area contributed by atoms with E-state index in [4.69, 9.17) is 13.8 Å². The van der Waals surface area contributed by atoms with Gasteiger partial charge in [0.1, 0.15) is 19.3 Å². The first kappa shape index (κ1) is 74.0. The summed E-state index contributed by atoms with van der Waals surface area (Å²) in [5, 5.41) is 3.06. The number of quaternary nitrogens is 1. The Morgan fingerprint density at radius 2 is 0.816 bits per heavy atom. The van der Waals surface area contributed by atoms with Gasteiger partial charge in [-0.25, -0.2) is 4.57 Å². The van der Waals surface area contributed by atoms with Crippen molar-refractivity contribution in [3.63, 3.8) is 0 Å². The molecular formula is C66H126N2O7P+. The molecule has 0 rings (SSSR count). The van der Waals surface area contributed by atoms with Crippen molar-refractivity contribution in [2.24, 2.45) is 0 Å². The molecule has 9 nitrogen and oxygen atoms in total. The molecule has 0 saturated carbocycles. The van der Waals surface area contributed by atoms with Crippen molar-refractivity contribution in [3.05, 3.63) is 48.6 Å². The number of amides is 1. The van der Waals surface area contributed by atoms with Crippen LogP contribution in [0.2, 0.25) is 0 Å². The Labute approximate surface area is 471 Å². The first-order chi connectivity index (χ1) is 36.9. The highest BCUT2D eigenvalue weighted by molar-refractivity contribution is 7.47. The number of nitrogens with zero attached hydrogens (tertiary/aromatic N) is 1. The van der Waals surface area contributed by atoms with E-state index in [1.165, 1.54) is 186 Å². The van der Waals surface area contributed by atoms with Gasteiger partial charge in [0.25, 0.3) is 0 Å². The summed E-state index contributed by atoms with van der Waals surface area (Å²) in [6.45, 7) is 6.97. The van der Waals surface area contributed by atoms with Crippen LogP contribution in [0.15, 0.2) is 48.6 Å². The number of ether oxygens (including phenoxy) is 1. The van der Waals surface area contributed by atoms with Gasteiger partial charge < -0.3 is 19.4 Å². The number of likely N-dealkylation sites (N-methyl/N-ethyl adjacent to an activating group) is 1. The molecule has 0 aromatic rings. The number of phosphoric acid groups is 1. The van der Waals surface area contributed by atoms with Gasteiger partial charge in [0.2, 0.25) is 5.91 Å². The number of hydrogen-bond acceptors (Lipinski definition) is 6. The molecule has 0 bridgehead atoms. The van der Waals surface area contributed by atoms with Crippen LogP contribution in [-0.2, 0) is 27.9 Å². The first-order valence-electron chi connectivity index (χ1n) is 32.5.